The molecule has 0 amide bonds. The lowest BCUT2D eigenvalue weighted by Crippen LogP contribution is -2.21. The lowest BCUT2D eigenvalue weighted by Gasteiger charge is -2.17. The SMILES string of the molecule is CN(Cc1cccnc1)c1nccc(C(F)(F)F)n1. The molecule has 0 spiro atoms. The van der Waals surface area contributed by atoms with Gasteiger partial charge in [0.25, 0.3) is 0 Å². The topological polar surface area (TPSA) is 41.9 Å². The average Bonchev–Trinajstić information content (AvgIpc) is 2.39. The molecule has 0 aromatic carbocycles. The summed E-state index contributed by atoms with van der Waals surface area (Å²) in [5, 5.41) is 0. The molecule has 4 nitrogen and oxygen atoms in total. The van der Waals surface area contributed by atoms with Crippen LogP contribution in [0, 0.1) is 0 Å². The number of pyridine rings is 1. The first-order valence-corrected chi connectivity index (χ1v) is 5.47. The summed E-state index contributed by atoms with van der Waals surface area (Å²) >= 11 is 0. The summed E-state index contributed by atoms with van der Waals surface area (Å²) < 4.78 is 37.6. The molecule has 7 heteroatoms. The first-order valence-electron chi connectivity index (χ1n) is 5.47. The average molecular weight is 268 g/mol. The highest BCUT2D eigenvalue weighted by Crippen LogP contribution is 2.28. The third kappa shape index (κ3) is 3.40. The molecule has 2 rings (SSSR count). The van der Waals surface area contributed by atoms with Crippen molar-refractivity contribution in [3.05, 3.63) is 48.0 Å². The zero-order valence-electron chi connectivity index (χ0n) is 10.1. The van der Waals surface area contributed by atoms with Gasteiger partial charge >= 0.3 is 6.18 Å². The smallest absolute Gasteiger partial charge is 0.339 e. The van der Waals surface area contributed by atoms with Crippen molar-refractivity contribution < 1.29 is 13.2 Å². The molecule has 0 saturated heterocycles. The van der Waals surface area contributed by atoms with E-state index in [4.69, 9.17) is 0 Å². The minimum Gasteiger partial charge on any atom is -0.339 e. The zero-order valence-corrected chi connectivity index (χ0v) is 10.1. The van der Waals surface area contributed by atoms with Crippen LogP contribution in [0.4, 0.5) is 19.1 Å². The first kappa shape index (κ1) is 13.3. The van der Waals surface area contributed by atoms with Gasteiger partial charge in [-0.2, -0.15) is 13.2 Å². The fourth-order valence-electron chi connectivity index (χ4n) is 1.53. The Balaban J connectivity index is 2.18. The second-order valence-electron chi connectivity index (χ2n) is 3.96. The second-order valence-corrected chi connectivity index (χ2v) is 3.96. The highest BCUT2D eigenvalue weighted by Gasteiger charge is 2.33. The van der Waals surface area contributed by atoms with E-state index in [0.29, 0.717) is 6.54 Å². The molecule has 0 radical (unpaired) electrons. The van der Waals surface area contributed by atoms with Gasteiger partial charge in [-0.15, -0.1) is 0 Å². The number of anilines is 1. The van der Waals surface area contributed by atoms with Crippen molar-refractivity contribution in [3.8, 4) is 0 Å². The maximum atomic E-state index is 12.5. The van der Waals surface area contributed by atoms with E-state index in [-0.39, 0.29) is 5.95 Å². The summed E-state index contributed by atoms with van der Waals surface area (Å²) in [6, 6.07) is 4.44. The van der Waals surface area contributed by atoms with E-state index in [2.05, 4.69) is 15.0 Å². The molecule has 2 aromatic rings. The van der Waals surface area contributed by atoms with Gasteiger partial charge in [-0.3, -0.25) is 4.98 Å². The molecule has 100 valence electrons. The van der Waals surface area contributed by atoms with Crippen molar-refractivity contribution in [2.24, 2.45) is 0 Å². The number of nitrogens with zero attached hydrogens (tertiary/aromatic N) is 4. The molecular weight excluding hydrogens is 257 g/mol. The minimum absolute atomic E-state index is 0.0266. The second kappa shape index (κ2) is 5.21. The van der Waals surface area contributed by atoms with Gasteiger partial charge in [0.05, 0.1) is 0 Å². The number of hydrogen-bond donors (Lipinski definition) is 0. The van der Waals surface area contributed by atoms with Crippen molar-refractivity contribution in [2.75, 3.05) is 11.9 Å². The Labute approximate surface area is 107 Å². The van der Waals surface area contributed by atoms with E-state index in [0.717, 1.165) is 17.8 Å². The summed E-state index contributed by atoms with van der Waals surface area (Å²) in [5.74, 6) is 0.0266. The van der Waals surface area contributed by atoms with Crippen LogP contribution in [0.5, 0.6) is 0 Å². The highest BCUT2D eigenvalue weighted by atomic mass is 19.4. The Morgan fingerprint density at radius 1 is 1.21 bits per heavy atom. The highest BCUT2D eigenvalue weighted by molar-refractivity contribution is 5.31. The predicted octanol–water partition coefficient (Wildman–Crippen LogP) is 2.53. The molecule has 0 unspecified atom stereocenters. The third-order valence-electron chi connectivity index (χ3n) is 2.42. The quantitative estimate of drug-likeness (QED) is 0.857. The van der Waals surface area contributed by atoms with Crippen LogP contribution in [0.1, 0.15) is 11.3 Å². The van der Waals surface area contributed by atoms with E-state index in [1.807, 2.05) is 6.07 Å². The summed E-state index contributed by atoms with van der Waals surface area (Å²) in [5.41, 5.74) is -0.0819. The maximum Gasteiger partial charge on any atom is 0.433 e. The lowest BCUT2D eigenvalue weighted by molar-refractivity contribution is -0.141. The third-order valence-corrected chi connectivity index (χ3v) is 2.42. The first-order chi connectivity index (χ1) is 8.97. The summed E-state index contributed by atoms with van der Waals surface area (Å²) in [6.45, 7) is 0.384. The van der Waals surface area contributed by atoms with Gasteiger partial charge < -0.3 is 4.90 Å². The van der Waals surface area contributed by atoms with Crippen molar-refractivity contribution >= 4 is 5.95 Å². The molecule has 0 aliphatic heterocycles. The molecule has 0 N–H and O–H groups in total. The molecular formula is C12H11F3N4. The molecule has 2 heterocycles. The van der Waals surface area contributed by atoms with E-state index in [9.17, 15) is 13.2 Å². The maximum absolute atomic E-state index is 12.5. The number of halogens is 3. The van der Waals surface area contributed by atoms with Crippen molar-refractivity contribution in [2.45, 2.75) is 12.7 Å². The Bertz CT molecular complexity index is 542. The number of rotatable bonds is 3. The Hall–Kier alpha value is -2.18. The Kier molecular flexibility index (Phi) is 3.64. The van der Waals surface area contributed by atoms with Crippen molar-refractivity contribution in [1.29, 1.82) is 0 Å². The van der Waals surface area contributed by atoms with Gasteiger partial charge in [0.2, 0.25) is 5.95 Å². The Morgan fingerprint density at radius 3 is 2.63 bits per heavy atom. The molecule has 0 aliphatic rings. The van der Waals surface area contributed by atoms with Crippen molar-refractivity contribution in [3.63, 3.8) is 0 Å². The fourth-order valence-corrected chi connectivity index (χ4v) is 1.53. The predicted molar refractivity (Wildman–Crippen MR) is 63.4 cm³/mol. The van der Waals surface area contributed by atoms with Crippen LogP contribution in [0.3, 0.4) is 0 Å². The van der Waals surface area contributed by atoms with Gasteiger partial charge in [-0.05, 0) is 17.7 Å². The van der Waals surface area contributed by atoms with E-state index in [1.165, 1.54) is 4.90 Å². The number of aromatic nitrogens is 3. The van der Waals surface area contributed by atoms with Crippen LogP contribution in [0.15, 0.2) is 36.8 Å². The largest absolute Gasteiger partial charge is 0.433 e. The van der Waals surface area contributed by atoms with Crippen LogP contribution in [0.25, 0.3) is 0 Å². The number of hydrogen-bond acceptors (Lipinski definition) is 4. The van der Waals surface area contributed by atoms with Gasteiger partial charge in [-0.1, -0.05) is 6.07 Å². The van der Waals surface area contributed by atoms with Gasteiger partial charge in [0.15, 0.2) is 0 Å². The van der Waals surface area contributed by atoms with Crippen molar-refractivity contribution in [1.82, 2.24) is 15.0 Å². The van der Waals surface area contributed by atoms with Crippen LogP contribution < -0.4 is 4.90 Å². The van der Waals surface area contributed by atoms with E-state index >= 15 is 0 Å². The van der Waals surface area contributed by atoms with Gasteiger partial charge in [0.1, 0.15) is 5.69 Å². The molecule has 19 heavy (non-hydrogen) atoms. The summed E-state index contributed by atoms with van der Waals surface area (Å²) in [6.07, 6.45) is -0.0912. The van der Waals surface area contributed by atoms with Gasteiger partial charge in [-0.25, -0.2) is 9.97 Å². The lowest BCUT2D eigenvalue weighted by atomic mass is 10.3. The normalized spacial score (nSPS) is 11.4. The standard InChI is InChI=1S/C12H11F3N4/c1-19(8-9-3-2-5-16-7-9)11-17-6-4-10(18-11)12(13,14)15/h2-7H,8H2,1H3. The fraction of sp³-hybridized carbons (Fsp3) is 0.250. The molecule has 0 atom stereocenters. The molecule has 0 saturated carbocycles. The summed E-state index contributed by atoms with van der Waals surface area (Å²) in [4.78, 5) is 12.8. The monoisotopic (exact) mass is 268 g/mol. The Morgan fingerprint density at radius 2 is 2.00 bits per heavy atom. The molecule has 0 bridgehead atoms. The van der Waals surface area contributed by atoms with Crippen LogP contribution in [-0.2, 0) is 12.7 Å². The van der Waals surface area contributed by atoms with Crippen LogP contribution >= 0.6 is 0 Å². The molecule has 0 fully saturated rings. The van der Waals surface area contributed by atoms with E-state index in [1.54, 1.807) is 25.5 Å². The molecule has 2 aromatic heterocycles. The van der Waals surface area contributed by atoms with Crippen LogP contribution in [0.2, 0.25) is 0 Å². The zero-order chi connectivity index (χ0) is 13.9. The van der Waals surface area contributed by atoms with Gasteiger partial charge in [0, 0.05) is 32.2 Å². The van der Waals surface area contributed by atoms with Crippen LogP contribution in [-0.4, -0.2) is 22.0 Å². The number of alkyl halides is 3. The molecule has 0 aliphatic carbocycles. The van der Waals surface area contributed by atoms with E-state index < -0.39 is 11.9 Å². The summed E-state index contributed by atoms with van der Waals surface area (Å²) in [7, 11) is 1.63. The minimum atomic E-state index is -4.47.